The molecular formula is C14H20ClNS. The monoisotopic (exact) mass is 269 g/mol. The molecular weight excluding hydrogens is 250 g/mol. The van der Waals surface area contributed by atoms with Gasteiger partial charge in [-0.05, 0) is 36.5 Å². The smallest absolute Gasteiger partial charge is 0.0462 e. The van der Waals surface area contributed by atoms with E-state index < -0.39 is 0 Å². The zero-order valence-corrected chi connectivity index (χ0v) is 11.9. The molecule has 0 bridgehead atoms. The summed E-state index contributed by atoms with van der Waals surface area (Å²) in [5.74, 6) is 0.875. The molecule has 1 aromatic rings. The Hall–Kier alpha value is -0.180. The molecule has 0 heterocycles. The molecule has 2 rings (SSSR count). The predicted molar refractivity (Wildman–Crippen MR) is 76.6 cm³/mol. The average Bonchev–Trinajstić information content (AvgIpc) is 2.29. The van der Waals surface area contributed by atoms with Crippen LogP contribution in [0.1, 0.15) is 38.2 Å². The summed E-state index contributed by atoms with van der Waals surface area (Å²) in [7, 11) is 0. The van der Waals surface area contributed by atoms with Crippen LogP contribution in [0, 0.1) is 5.92 Å². The minimum Gasteiger partial charge on any atom is -0.326 e. The van der Waals surface area contributed by atoms with E-state index in [9.17, 15) is 0 Å². The Bertz CT molecular complexity index is 380. The highest BCUT2D eigenvalue weighted by Gasteiger charge is 2.19. The second-order valence-electron chi connectivity index (χ2n) is 4.97. The highest BCUT2D eigenvalue weighted by molar-refractivity contribution is 8.00. The lowest BCUT2D eigenvalue weighted by atomic mass is 9.91. The van der Waals surface area contributed by atoms with Crippen molar-refractivity contribution in [3.05, 3.63) is 28.8 Å². The van der Waals surface area contributed by atoms with Crippen molar-refractivity contribution in [2.45, 2.75) is 49.3 Å². The molecule has 0 saturated heterocycles. The number of halogens is 1. The van der Waals surface area contributed by atoms with Gasteiger partial charge in [0.2, 0.25) is 0 Å². The fourth-order valence-corrected chi connectivity index (χ4v) is 4.19. The van der Waals surface area contributed by atoms with Gasteiger partial charge >= 0.3 is 0 Å². The van der Waals surface area contributed by atoms with Crippen molar-refractivity contribution in [3.8, 4) is 0 Å². The van der Waals surface area contributed by atoms with Crippen LogP contribution in [0.4, 0.5) is 0 Å². The lowest BCUT2D eigenvalue weighted by Gasteiger charge is -2.26. The molecule has 3 heteroatoms. The van der Waals surface area contributed by atoms with Gasteiger partial charge in [0.1, 0.15) is 0 Å². The van der Waals surface area contributed by atoms with Gasteiger partial charge in [-0.25, -0.2) is 0 Å². The highest BCUT2D eigenvalue weighted by Crippen LogP contribution is 2.37. The molecule has 17 heavy (non-hydrogen) atoms. The molecule has 0 aliphatic heterocycles. The topological polar surface area (TPSA) is 26.0 Å². The molecule has 94 valence electrons. The van der Waals surface area contributed by atoms with E-state index >= 15 is 0 Å². The van der Waals surface area contributed by atoms with Crippen LogP contribution in [0.25, 0.3) is 0 Å². The van der Waals surface area contributed by atoms with Crippen molar-refractivity contribution in [3.63, 3.8) is 0 Å². The van der Waals surface area contributed by atoms with Crippen LogP contribution in [0.2, 0.25) is 5.02 Å². The van der Waals surface area contributed by atoms with E-state index in [1.807, 2.05) is 11.8 Å². The van der Waals surface area contributed by atoms with E-state index in [2.05, 4.69) is 25.1 Å². The summed E-state index contributed by atoms with van der Waals surface area (Å²) in [6.07, 6.45) is 5.43. The van der Waals surface area contributed by atoms with E-state index in [1.165, 1.54) is 30.6 Å². The van der Waals surface area contributed by atoms with Crippen LogP contribution in [0.3, 0.4) is 0 Å². The summed E-state index contributed by atoms with van der Waals surface area (Å²) >= 11 is 8.16. The van der Waals surface area contributed by atoms with Gasteiger partial charge in [0, 0.05) is 21.7 Å². The molecule has 0 amide bonds. The Kier molecular flexibility index (Phi) is 4.78. The Balaban J connectivity index is 2.00. The van der Waals surface area contributed by atoms with Crippen molar-refractivity contribution < 1.29 is 0 Å². The number of rotatable bonds is 3. The first-order chi connectivity index (χ1) is 8.19. The summed E-state index contributed by atoms with van der Waals surface area (Å²) in [5, 5.41) is 1.57. The Morgan fingerprint density at radius 3 is 2.88 bits per heavy atom. The van der Waals surface area contributed by atoms with Gasteiger partial charge in [-0.1, -0.05) is 37.4 Å². The van der Waals surface area contributed by atoms with Crippen LogP contribution < -0.4 is 5.73 Å². The molecule has 0 aromatic heterocycles. The summed E-state index contributed by atoms with van der Waals surface area (Å²) in [6.45, 7) is 2.88. The van der Waals surface area contributed by atoms with Crippen molar-refractivity contribution in [1.82, 2.24) is 0 Å². The lowest BCUT2D eigenvalue weighted by Crippen LogP contribution is -2.14. The molecule has 1 aliphatic carbocycles. The van der Waals surface area contributed by atoms with Crippen LogP contribution in [-0.4, -0.2) is 5.25 Å². The Morgan fingerprint density at radius 1 is 1.41 bits per heavy atom. The van der Waals surface area contributed by atoms with Crippen molar-refractivity contribution in [2.24, 2.45) is 11.7 Å². The highest BCUT2D eigenvalue weighted by atomic mass is 35.5. The molecule has 2 unspecified atom stereocenters. The van der Waals surface area contributed by atoms with Crippen LogP contribution >= 0.6 is 23.4 Å². The quantitative estimate of drug-likeness (QED) is 0.876. The van der Waals surface area contributed by atoms with Crippen LogP contribution in [-0.2, 0) is 6.54 Å². The van der Waals surface area contributed by atoms with Gasteiger partial charge < -0.3 is 5.73 Å². The van der Waals surface area contributed by atoms with Crippen LogP contribution in [0.15, 0.2) is 23.1 Å². The summed E-state index contributed by atoms with van der Waals surface area (Å²) in [6, 6.07) is 6.27. The fourth-order valence-electron chi connectivity index (χ4n) is 2.44. The van der Waals surface area contributed by atoms with E-state index in [0.717, 1.165) is 21.8 Å². The minimum absolute atomic E-state index is 0.518. The zero-order chi connectivity index (χ0) is 12.3. The second kappa shape index (κ2) is 6.12. The molecule has 0 radical (unpaired) electrons. The average molecular weight is 270 g/mol. The van der Waals surface area contributed by atoms with Crippen molar-refractivity contribution in [2.75, 3.05) is 0 Å². The third-order valence-electron chi connectivity index (χ3n) is 3.44. The Labute approximate surface area is 113 Å². The standard InChI is InChI=1S/C14H20ClNS/c1-10-3-2-4-12(7-10)17-13-6-5-11(9-16)14(15)8-13/h5-6,8,10,12H,2-4,7,9,16H2,1H3. The third-order valence-corrected chi connectivity index (χ3v) is 5.07. The molecule has 2 atom stereocenters. The maximum Gasteiger partial charge on any atom is 0.0462 e. The lowest BCUT2D eigenvalue weighted by molar-refractivity contribution is 0.394. The molecule has 1 aliphatic rings. The molecule has 1 saturated carbocycles. The largest absolute Gasteiger partial charge is 0.326 e. The Morgan fingerprint density at radius 2 is 2.24 bits per heavy atom. The second-order valence-corrected chi connectivity index (χ2v) is 6.75. The molecule has 0 spiro atoms. The van der Waals surface area contributed by atoms with E-state index in [1.54, 1.807) is 0 Å². The predicted octanol–water partition coefficient (Wildman–Crippen LogP) is 4.47. The minimum atomic E-state index is 0.518. The number of hydrogen-bond donors (Lipinski definition) is 1. The van der Waals surface area contributed by atoms with Crippen LogP contribution in [0.5, 0.6) is 0 Å². The SMILES string of the molecule is CC1CCCC(Sc2ccc(CN)c(Cl)c2)C1. The summed E-state index contributed by atoms with van der Waals surface area (Å²) in [5.41, 5.74) is 6.65. The van der Waals surface area contributed by atoms with E-state index in [4.69, 9.17) is 17.3 Å². The molecule has 1 aromatic carbocycles. The first kappa shape index (κ1) is 13.3. The van der Waals surface area contributed by atoms with Gasteiger partial charge in [0.25, 0.3) is 0 Å². The first-order valence-corrected chi connectivity index (χ1v) is 7.60. The number of thioether (sulfide) groups is 1. The first-order valence-electron chi connectivity index (χ1n) is 6.34. The van der Waals surface area contributed by atoms with Gasteiger partial charge in [0.15, 0.2) is 0 Å². The maximum absolute atomic E-state index is 6.18. The van der Waals surface area contributed by atoms with Gasteiger partial charge in [0.05, 0.1) is 0 Å². The number of nitrogens with two attached hydrogens (primary N) is 1. The summed E-state index contributed by atoms with van der Waals surface area (Å²) in [4.78, 5) is 1.28. The molecule has 1 nitrogen and oxygen atoms in total. The molecule has 2 N–H and O–H groups in total. The normalized spacial score (nSPS) is 24.9. The van der Waals surface area contributed by atoms with Crippen molar-refractivity contribution >= 4 is 23.4 Å². The van der Waals surface area contributed by atoms with E-state index in [-0.39, 0.29) is 0 Å². The van der Waals surface area contributed by atoms with Gasteiger partial charge in [-0.2, -0.15) is 0 Å². The van der Waals surface area contributed by atoms with Crippen molar-refractivity contribution in [1.29, 1.82) is 0 Å². The number of hydrogen-bond acceptors (Lipinski definition) is 2. The molecule has 1 fully saturated rings. The van der Waals surface area contributed by atoms with E-state index in [0.29, 0.717) is 6.54 Å². The fraction of sp³-hybridized carbons (Fsp3) is 0.571. The maximum atomic E-state index is 6.18. The summed E-state index contributed by atoms with van der Waals surface area (Å²) < 4.78 is 0. The third kappa shape index (κ3) is 3.64. The van der Waals surface area contributed by atoms with Gasteiger partial charge in [-0.15, -0.1) is 11.8 Å². The van der Waals surface area contributed by atoms with Gasteiger partial charge in [-0.3, -0.25) is 0 Å². The zero-order valence-electron chi connectivity index (χ0n) is 10.3. The number of benzene rings is 1.